The summed E-state index contributed by atoms with van der Waals surface area (Å²) in [6.07, 6.45) is 5.62. The molecule has 11 nitrogen and oxygen atoms in total. The monoisotopic (exact) mass is 649 g/mol. The van der Waals surface area contributed by atoms with E-state index >= 15 is 0 Å². The zero-order valence-electron chi connectivity index (χ0n) is 27.9. The van der Waals surface area contributed by atoms with E-state index in [1.165, 1.54) is 12.0 Å². The Kier molecular flexibility index (Phi) is 12.3. The first-order chi connectivity index (χ1) is 22.6. The van der Waals surface area contributed by atoms with E-state index in [4.69, 9.17) is 28.4 Å². The molecule has 0 N–H and O–H groups in total. The molecule has 0 saturated heterocycles. The first-order valence-corrected chi connectivity index (χ1v) is 15.5. The fourth-order valence-corrected chi connectivity index (χ4v) is 6.01. The van der Waals surface area contributed by atoms with E-state index in [0.717, 1.165) is 22.3 Å². The molecule has 0 bridgehead atoms. The number of hydrogen-bond acceptors (Lipinski definition) is 10. The maximum absolute atomic E-state index is 12.8. The number of fused-ring (bicyclic) bond motifs is 2. The summed E-state index contributed by atoms with van der Waals surface area (Å²) in [5.74, 6) is -0.526. The lowest BCUT2D eigenvalue weighted by Gasteiger charge is -2.20. The molecule has 252 valence electrons. The first-order valence-electron chi connectivity index (χ1n) is 15.5. The van der Waals surface area contributed by atoms with Crippen molar-refractivity contribution in [2.45, 2.75) is 53.1 Å². The van der Waals surface area contributed by atoms with Crippen LogP contribution < -0.4 is 9.47 Å². The minimum absolute atomic E-state index is 0.0848. The maximum atomic E-state index is 12.8. The topological polar surface area (TPSA) is 127 Å². The summed E-state index contributed by atoms with van der Waals surface area (Å²) in [4.78, 5) is 51.9. The number of nitrogens with zero attached hydrogens (tertiary/aromatic N) is 1. The van der Waals surface area contributed by atoms with E-state index in [1.807, 2.05) is 32.9 Å². The van der Waals surface area contributed by atoms with Gasteiger partial charge in [-0.05, 0) is 63.6 Å². The summed E-state index contributed by atoms with van der Waals surface area (Å²) in [6.45, 7) is 6.74. The van der Waals surface area contributed by atoms with Gasteiger partial charge in [-0.2, -0.15) is 0 Å². The molecule has 0 radical (unpaired) electrons. The third kappa shape index (κ3) is 8.28. The van der Waals surface area contributed by atoms with Gasteiger partial charge in [0.2, 0.25) is 0 Å². The highest BCUT2D eigenvalue weighted by molar-refractivity contribution is 6.21. The fourth-order valence-electron chi connectivity index (χ4n) is 6.01. The van der Waals surface area contributed by atoms with E-state index in [0.29, 0.717) is 66.2 Å². The Morgan fingerprint density at radius 3 is 2.21 bits per heavy atom. The Bertz CT molecular complexity index is 1540. The molecular formula is C36H43NO10. The van der Waals surface area contributed by atoms with Crippen LogP contribution in [0.15, 0.2) is 47.6 Å². The van der Waals surface area contributed by atoms with Crippen LogP contribution in [0, 0.1) is 12.8 Å². The molecule has 2 aliphatic rings. The summed E-state index contributed by atoms with van der Waals surface area (Å²) in [5.41, 5.74) is 5.38. The van der Waals surface area contributed by atoms with Gasteiger partial charge in [-0.15, -0.1) is 0 Å². The summed E-state index contributed by atoms with van der Waals surface area (Å²) in [6, 6.07) is 6.80. The van der Waals surface area contributed by atoms with Crippen LogP contribution in [0.3, 0.4) is 0 Å². The minimum Gasteiger partial charge on any atom is -0.496 e. The number of ether oxygens (including phenoxy) is 6. The number of esters is 2. The third-order valence-electron chi connectivity index (χ3n) is 8.40. The Hall–Kier alpha value is -4.48. The van der Waals surface area contributed by atoms with Crippen LogP contribution in [0.2, 0.25) is 0 Å². The van der Waals surface area contributed by atoms with Gasteiger partial charge in [0, 0.05) is 31.2 Å². The van der Waals surface area contributed by atoms with E-state index in [-0.39, 0.29) is 50.1 Å². The van der Waals surface area contributed by atoms with Crippen LogP contribution in [0.5, 0.6) is 11.5 Å². The molecule has 1 atom stereocenters. The summed E-state index contributed by atoms with van der Waals surface area (Å²) in [5, 5.41) is 0. The average molecular weight is 650 g/mol. The Morgan fingerprint density at radius 2 is 1.60 bits per heavy atom. The van der Waals surface area contributed by atoms with Gasteiger partial charge in [-0.3, -0.25) is 19.3 Å². The number of carbonyl (C=O) groups is 4. The molecule has 2 heterocycles. The quantitative estimate of drug-likeness (QED) is 0.0726. The maximum Gasteiger partial charge on any atom is 0.342 e. The number of hydrogen-bond donors (Lipinski definition) is 0. The van der Waals surface area contributed by atoms with Gasteiger partial charge < -0.3 is 28.4 Å². The minimum atomic E-state index is -0.457. The number of allylic oxidation sites excluding steroid dienone is 3. The molecule has 1 unspecified atom stereocenters. The molecule has 0 saturated carbocycles. The molecule has 0 aromatic heterocycles. The van der Waals surface area contributed by atoms with Gasteiger partial charge >= 0.3 is 11.9 Å². The van der Waals surface area contributed by atoms with Gasteiger partial charge in [0.15, 0.2) is 6.79 Å². The molecule has 11 heteroatoms. The van der Waals surface area contributed by atoms with Crippen LogP contribution in [0.4, 0.5) is 0 Å². The summed E-state index contributed by atoms with van der Waals surface area (Å²) in [7, 11) is 4.52. The van der Waals surface area contributed by atoms with Crippen molar-refractivity contribution >= 4 is 23.8 Å². The van der Waals surface area contributed by atoms with E-state index in [2.05, 4.69) is 0 Å². The number of imide groups is 1. The highest BCUT2D eigenvalue weighted by Gasteiger charge is 2.35. The largest absolute Gasteiger partial charge is 0.496 e. The Morgan fingerprint density at radius 1 is 0.936 bits per heavy atom. The van der Waals surface area contributed by atoms with Crippen molar-refractivity contribution in [3.05, 3.63) is 80.9 Å². The summed E-state index contributed by atoms with van der Waals surface area (Å²) >= 11 is 0. The van der Waals surface area contributed by atoms with Crippen LogP contribution in [-0.4, -0.2) is 76.5 Å². The number of carbonyl (C=O) groups excluding carboxylic acids is 4. The van der Waals surface area contributed by atoms with Crippen molar-refractivity contribution in [3.8, 4) is 11.5 Å². The van der Waals surface area contributed by atoms with Gasteiger partial charge in [0.05, 0.1) is 38.6 Å². The molecule has 2 amide bonds. The first kappa shape index (κ1) is 35.4. The van der Waals surface area contributed by atoms with Crippen LogP contribution >= 0.6 is 0 Å². The van der Waals surface area contributed by atoms with Crippen molar-refractivity contribution < 1.29 is 47.6 Å². The zero-order chi connectivity index (χ0) is 34.1. The second-order valence-corrected chi connectivity index (χ2v) is 11.7. The average Bonchev–Trinajstić information content (AvgIpc) is 3.56. The molecule has 0 fully saturated rings. The fraction of sp³-hybridized carbons (Fsp3) is 0.444. The SMILES string of the molecule is COCCOCOc1c(C/C=C(\C)CC(CC(=O)OC)C/C(C)=C/CN2C(=O)c3ccccc3C2=O)c(OC)c(C)c2c1C(=O)OC2. The molecular weight excluding hydrogens is 606 g/mol. The Balaban J connectivity index is 1.51. The molecule has 2 aromatic carbocycles. The standard InChI is InChI=1S/C36H43NO10/c1-22(11-12-28-32(44-6)24(3)29-20-46-36(41)31(29)33(28)47-21-45-16-15-42-4)17-25(19-30(38)43-5)18-23(2)13-14-37-34(39)26-9-7-8-10-27(26)35(37)40/h7-11,13,25H,12,14-21H2,1-6H3/b22-11+,23-13+. The highest BCUT2D eigenvalue weighted by Crippen LogP contribution is 2.43. The molecule has 47 heavy (non-hydrogen) atoms. The van der Waals surface area contributed by atoms with Crippen molar-refractivity contribution in [1.29, 1.82) is 0 Å². The number of rotatable bonds is 17. The van der Waals surface area contributed by atoms with Crippen molar-refractivity contribution in [2.75, 3.05) is 47.9 Å². The van der Waals surface area contributed by atoms with Gasteiger partial charge in [0.1, 0.15) is 23.7 Å². The second kappa shape index (κ2) is 16.4. The number of amides is 2. The van der Waals surface area contributed by atoms with Crippen LogP contribution in [0.25, 0.3) is 0 Å². The van der Waals surface area contributed by atoms with Crippen molar-refractivity contribution in [1.82, 2.24) is 4.90 Å². The third-order valence-corrected chi connectivity index (χ3v) is 8.40. The lowest BCUT2D eigenvalue weighted by Crippen LogP contribution is -2.30. The number of methoxy groups -OCH3 is 3. The molecule has 2 aliphatic heterocycles. The van der Waals surface area contributed by atoms with Gasteiger partial charge in [-0.1, -0.05) is 35.4 Å². The lowest BCUT2D eigenvalue weighted by molar-refractivity contribution is -0.141. The van der Waals surface area contributed by atoms with E-state index in [1.54, 1.807) is 38.5 Å². The van der Waals surface area contributed by atoms with Crippen LogP contribution in [-0.2, 0) is 36.8 Å². The van der Waals surface area contributed by atoms with E-state index in [9.17, 15) is 19.2 Å². The van der Waals surface area contributed by atoms with E-state index < -0.39 is 5.97 Å². The smallest absolute Gasteiger partial charge is 0.342 e. The van der Waals surface area contributed by atoms with Crippen LogP contribution in [0.1, 0.15) is 80.9 Å². The predicted molar refractivity (Wildman–Crippen MR) is 173 cm³/mol. The zero-order valence-corrected chi connectivity index (χ0v) is 27.9. The lowest BCUT2D eigenvalue weighted by atomic mass is 9.89. The van der Waals surface area contributed by atoms with Gasteiger partial charge in [-0.25, -0.2) is 4.79 Å². The molecule has 2 aromatic rings. The van der Waals surface area contributed by atoms with Crippen molar-refractivity contribution in [3.63, 3.8) is 0 Å². The molecule has 0 spiro atoms. The number of benzene rings is 2. The summed E-state index contributed by atoms with van der Waals surface area (Å²) < 4.78 is 32.7. The highest BCUT2D eigenvalue weighted by atomic mass is 16.7. The predicted octanol–water partition coefficient (Wildman–Crippen LogP) is 5.36. The van der Waals surface area contributed by atoms with Crippen molar-refractivity contribution in [2.24, 2.45) is 5.92 Å². The normalized spacial score (nSPS) is 15.0. The molecule has 4 rings (SSSR count). The second-order valence-electron chi connectivity index (χ2n) is 11.7. The van der Waals surface area contributed by atoms with Gasteiger partial charge in [0.25, 0.3) is 11.8 Å². The number of cyclic esters (lactones) is 1. The Labute approximate surface area is 275 Å². The molecule has 0 aliphatic carbocycles.